The van der Waals surface area contributed by atoms with Crippen LogP contribution in [0.2, 0.25) is 5.22 Å². The fraction of sp³-hybridized carbons (Fsp3) is 0.444. The Morgan fingerprint density at radius 3 is 2.92 bits per heavy atom. The third-order valence-corrected chi connectivity index (χ3v) is 2.15. The first-order chi connectivity index (χ1) is 6.15. The molecule has 0 aliphatic heterocycles. The van der Waals surface area contributed by atoms with Crippen LogP contribution in [0.25, 0.3) is 0 Å². The van der Waals surface area contributed by atoms with Gasteiger partial charge in [0.2, 0.25) is 5.22 Å². The highest BCUT2D eigenvalue weighted by atomic mass is 35.5. The molecule has 0 aromatic carbocycles. The number of hydrogen-bond donors (Lipinski definition) is 1. The molecule has 0 saturated carbocycles. The predicted molar refractivity (Wildman–Crippen MR) is 50.9 cm³/mol. The van der Waals surface area contributed by atoms with E-state index in [0.717, 1.165) is 6.42 Å². The van der Waals surface area contributed by atoms with Crippen molar-refractivity contribution in [2.45, 2.75) is 26.3 Å². The Labute approximate surface area is 82.1 Å². The molecule has 13 heavy (non-hydrogen) atoms. The molecule has 1 aromatic rings. The molecule has 0 bridgehead atoms. The van der Waals surface area contributed by atoms with Crippen molar-refractivity contribution in [1.82, 2.24) is 5.32 Å². The number of furan rings is 1. The summed E-state index contributed by atoms with van der Waals surface area (Å²) in [5.74, 6) is -0.187. The van der Waals surface area contributed by atoms with Gasteiger partial charge in [-0.15, -0.1) is 0 Å². The maximum atomic E-state index is 11.4. The third-order valence-electron chi connectivity index (χ3n) is 1.85. The van der Waals surface area contributed by atoms with Gasteiger partial charge in [-0.25, -0.2) is 0 Å². The normalized spacial score (nSPS) is 12.5. The van der Waals surface area contributed by atoms with Gasteiger partial charge in [-0.2, -0.15) is 0 Å². The Kier molecular flexibility index (Phi) is 3.37. The molecule has 1 atom stereocenters. The van der Waals surface area contributed by atoms with Crippen LogP contribution in [-0.2, 0) is 0 Å². The molecule has 0 spiro atoms. The van der Waals surface area contributed by atoms with Crippen LogP contribution >= 0.6 is 11.6 Å². The molecular formula is C9H12ClNO2. The fourth-order valence-corrected chi connectivity index (χ4v) is 1.06. The molecule has 1 aromatic heterocycles. The number of halogens is 1. The molecule has 0 aliphatic rings. The Hall–Kier alpha value is -0.960. The molecule has 72 valence electrons. The lowest BCUT2D eigenvalue weighted by atomic mass is 10.2. The second-order valence-corrected chi connectivity index (χ2v) is 3.23. The molecule has 1 heterocycles. The Balaban J connectivity index is 2.64. The first kappa shape index (κ1) is 10.1. The predicted octanol–water partition coefficient (Wildman–Crippen LogP) is 2.46. The summed E-state index contributed by atoms with van der Waals surface area (Å²) in [6.07, 6.45) is 2.29. The van der Waals surface area contributed by atoms with Crippen molar-refractivity contribution in [3.05, 3.63) is 23.1 Å². The first-order valence-electron chi connectivity index (χ1n) is 4.19. The van der Waals surface area contributed by atoms with E-state index in [9.17, 15) is 4.79 Å². The summed E-state index contributed by atoms with van der Waals surface area (Å²) in [5, 5.41) is 2.93. The monoisotopic (exact) mass is 201 g/mol. The van der Waals surface area contributed by atoms with Gasteiger partial charge in [0.05, 0.1) is 11.8 Å². The first-order valence-corrected chi connectivity index (χ1v) is 4.56. The maximum Gasteiger partial charge on any atom is 0.256 e. The van der Waals surface area contributed by atoms with E-state index in [-0.39, 0.29) is 17.2 Å². The average Bonchev–Trinajstić information content (AvgIpc) is 2.51. The van der Waals surface area contributed by atoms with Crippen LogP contribution < -0.4 is 5.32 Å². The summed E-state index contributed by atoms with van der Waals surface area (Å²) < 4.78 is 4.81. The minimum absolute atomic E-state index is 0.140. The molecular weight excluding hydrogens is 190 g/mol. The molecule has 4 heteroatoms. The van der Waals surface area contributed by atoms with Crippen molar-refractivity contribution in [1.29, 1.82) is 0 Å². The highest BCUT2D eigenvalue weighted by molar-refractivity contribution is 6.32. The van der Waals surface area contributed by atoms with Crippen LogP contribution in [0.5, 0.6) is 0 Å². The van der Waals surface area contributed by atoms with E-state index in [1.54, 1.807) is 6.07 Å². The van der Waals surface area contributed by atoms with Crippen molar-refractivity contribution < 1.29 is 9.21 Å². The summed E-state index contributed by atoms with van der Waals surface area (Å²) in [6.45, 7) is 3.94. The van der Waals surface area contributed by atoms with Crippen LogP contribution in [-0.4, -0.2) is 11.9 Å². The number of carbonyl (C=O) groups excluding carboxylic acids is 1. The molecule has 1 amide bonds. The minimum atomic E-state index is -0.187. The second-order valence-electron chi connectivity index (χ2n) is 2.89. The molecule has 1 unspecified atom stereocenters. The number of hydrogen-bond acceptors (Lipinski definition) is 2. The van der Waals surface area contributed by atoms with Gasteiger partial charge in [-0.1, -0.05) is 6.92 Å². The Morgan fingerprint density at radius 1 is 1.77 bits per heavy atom. The maximum absolute atomic E-state index is 11.4. The van der Waals surface area contributed by atoms with Gasteiger partial charge in [-0.3, -0.25) is 4.79 Å². The zero-order chi connectivity index (χ0) is 9.84. The number of rotatable bonds is 3. The number of carbonyl (C=O) groups is 1. The van der Waals surface area contributed by atoms with Crippen molar-refractivity contribution in [2.24, 2.45) is 0 Å². The van der Waals surface area contributed by atoms with E-state index >= 15 is 0 Å². The van der Waals surface area contributed by atoms with E-state index in [2.05, 4.69) is 5.32 Å². The largest absolute Gasteiger partial charge is 0.452 e. The minimum Gasteiger partial charge on any atom is -0.452 e. The summed E-state index contributed by atoms with van der Waals surface area (Å²) in [5.41, 5.74) is 0.391. The Bertz CT molecular complexity index is 296. The van der Waals surface area contributed by atoms with Gasteiger partial charge >= 0.3 is 0 Å². The molecule has 0 fully saturated rings. The van der Waals surface area contributed by atoms with E-state index in [1.165, 1.54) is 6.26 Å². The van der Waals surface area contributed by atoms with E-state index in [4.69, 9.17) is 16.0 Å². The van der Waals surface area contributed by atoms with Gasteiger partial charge in [0, 0.05) is 6.04 Å². The lowest BCUT2D eigenvalue weighted by Gasteiger charge is -2.09. The molecule has 3 nitrogen and oxygen atoms in total. The van der Waals surface area contributed by atoms with Crippen molar-refractivity contribution in [3.63, 3.8) is 0 Å². The van der Waals surface area contributed by atoms with Crippen molar-refractivity contribution >= 4 is 17.5 Å². The van der Waals surface area contributed by atoms with Crippen LogP contribution in [0.4, 0.5) is 0 Å². The van der Waals surface area contributed by atoms with Crippen LogP contribution in [0.3, 0.4) is 0 Å². The fourth-order valence-electron chi connectivity index (χ4n) is 0.859. The molecule has 0 radical (unpaired) electrons. The summed E-state index contributed by atoms with van der Waals surface area (Å²) in [4.78, 5) is 11.4. The van der Waals surface area contributed by atoms with E-state index < -0.39 is 0 Å². The zero-order valence-electron chi connectivity index (χ0n) is 7.63. The number of amides is 1. The highest BCUT2D eigenvalue weighted by Gasteiger charge is 2.13. The molecule has 0 aliphatic carbocycles. The molecule has 1 rings (SSSR count). The van der Waals surface area contributed by atoms with Crippen LogP contribution in [0.15, 0.2) is 16.7 Å². The quantitative estimate of drug-likeness (QED) is 0.817. The van der Waals surface area contributed by atoms with Crippen molar-refractivity contribution in [2.75, 3.05) is 0 Å². The van der Waals surface area contributed by atoms with Gasteiger partial charge < -0.3 is 9.73 Å². The van der Waals surface area contributed by atoms with E-state index in [1.807, 2.05) is 13.8 Å². The molecule has 0 saturated heterocycles. The topological polar surface area (TPSA) is 42.2 Å². The van der Waals surface area contributed by atoms with Crippen LogP contribution in [0.1, 0.15) is 30.6 Å². The van der Waals surface area contributed by atoms with Gasteiger partial charge in [-0.05, 0) is 31.0 Å². The lowest BCUT2D eigenvalue weighted by Crippen LogP contribution is -2.31. The highest BCUT2D eigenvalue weighted by Crippen LogP contribution is 2.16. The summed E-state index contributed by atoms with van der Waals surface area (Å²) >= 11 is 5.63. The second kappa shape index (κ2) is 4.33. The standard InChI is InChI=1S/C9H12ClNO2/c1-3-6(2)11-9(12)7-4-5-13-8(7)10/h4-6H,3H2,1-2H3,(H,11,12). The van der Waals surface area contributed by atoms with Gasteiger partial charge in [0.25, 0.3) is 5.91 Å². The SMILES string of the molecule is CCC(C)NC(=O)c1ccoc1Cl. The summed E-state index contributed by atoms with van der Waals surface area (Å²) in [7, 11) is 0. The van der Waals surface area contributed by atoms with E-state index in [0.29, 0.717) is 5.56 Å². The average molecular weight is 202 g/mol. The third kappa shape index (κ3) is 2.49. The Morgan fingerprint density at radius 2 is 2.46 bits per heavy atom. The zero-order valence-corrected chi connectivity index (χ0v) is 8.39. The van der Waals surface area contributed by atoms with Gasteiger partial charge in [0.15, 0.2) is 0 Å². The molecule has 1 N–H and O–H groups in total. The van der Waals surface area contributed by atoms with Crippen molar-refractivity contribution in [3.8, 4) is 0 Å². The summed E-state index contributed by atoms with van der Waals surface area (Å²) in [6, 6.07) is 1.71. The number of nitrogens with one attached hydrogen (secondary N) is 1. The lowest BCUT2D eigenvalue weighted by molar-refractivity contribution is 0.0939. The smallest absolute Gasteiger partial charge is 0.256 e. The van der Waals surface area contributed by atoms with Crippen LogP contribution in [0, 0.1) is 0 Å². The van der Waals surface area contributed by atoms with Gasteiger partial charge in [0.1, 0.15) is 0 Å².